The Labute approximate surface area is 165 Å². The van der Waals surface area contributed by atoms with Gasteiger partial charge in [-0.1, -0.05) is 32.0 Å². The molecule has 2 heterocycles. The van der Waals surface area contributed by atoms with Crippen molar-refractivity contribution in [3.05, 3.63) is 65.7 Å². The number of benzene rings is 1. The van der Waals surface area contributed by atoms with Gasteiger partial charge in [-0.05, 0) is 49.6 Å². The van der Waals surface area contributed by atoms with Gasteiger partial charge in [-0.25, -0.2) is 4.98 Å². The number of rotatable bonds is 6. The Hall–Kier alpha value is -3.15. The minimum atomic E-state index is -0.350. The molecule has 0 bridgehead atoms. The van der Waals surface area contributed by atoms with Crippen LogP contribution in [-0.2, 0) is 0 Å². The molecule has 2 amide bonds. The Balaban J connectivity index is 1.94. The van der Waals surface area contributed by atoms with Crippen LogP contribution in [0.4, 0.5) is 5.69 Å². The van der Waals surface area contributed by atoms with Gasteiger partial charge in [0.25, 0.3) is 11.8 Å². The molecule has 0 spiro atoms. The molecule has 0 aliphatic carbocycles. The first-order chi connectivity index (χ1) is 13.5. The lowest BCUT2D eigenvalue weighted by Gasteiger charge is -2.17. The molecule has 28 heavy (non-hydrogen) atoms. The van der Waals surface area contributed by atoms with E-state index in [1.807, 2.05) is 50.2 Å². The number of fused-ring (bicyclic) bond motifs is 1. The number of carbonyl (C=O) groups is 2. The van der Waals surface area contributed by atoms with Crippen molar-refractivity contribution < 1.29 is 9.59 Å². The SMILES string of the molecule is CCN(CC)C(=O)c1nc(C(=O)Nc2ccc(C(C)C)cc2)n2ccccc12. The van der Waals surface area contributed by atoms with E-state index in [2.05, 4.69) is 24.1 Å². The molecule has 146 valence electrons. The summed E-state index contributed by atoms with van der Waals surface area (Å²) in [5.41, 5.74) is 2.82. The van der Waals surface area contributed by atoms with E-state index in [1.165, 1.54) is 5.56 Å². The zero-order valence-electron chi connectivity index (χ0n) is 16.8. The summed E-state index contributed by atoms with van der Waals surface area (Å²) in [6.07, 6.45) is 1.75. The van der Waals surface area contributed by atoms with Crippen molar-refractivity contribution in [3.63, 3.8) is 0 Å². The number of aromatic nitrogens is 2. The summed E-state index contributed by atoms with van der Waals surface area (Å²) in [7, 11) is 0. The molecule has 6 nitrogen and oxygen atoms in total. The molecule has 6 heteroatoms. The van der Waals surface area contributed by atoms with Gasteiger partial charge in [0.15, 0.2) is 5.69 Å². The zero-order valence-corrected chi connectivity index (χ0v) is 16.8. The van der Waals surface area contributed by atoms with Gasteiger partial charge in [0, 0.05) is 25.0 Å². The molecular formula is C22H26N4O2. The van der Waals surface area contributed by atoms with Crippen molar-refractivity contribution in [1.82, 2.24) is 14.3 Å². The first kappa shape index (κ1) is 19.6. The number of carbonyl (C=O) groups excluding carboxylic acids is 2. The summed E-state index contributed by atoms with van der Waals surface area (Å²) in [6.45, 7) is 9.27. The van der Waals surface area contributed by atoms with Crippen LogP contribution in [0.5, 0.6) is 0 Å². The lowest BCUT2D eigenvalue weighted by atomic mass is 10.0. The molecule has 3 rings (SSSR count). The van der Waals surface area contributed by atoms with Crippen LogP contribution >= 0.6 is 0 Å². The Kier molecular flexibility index (Phi) is 5.78. The van der Waals surface area contributed by atoms with Crippen LogP contribution in [0, 0.1) is 0 Å². The second kappa shape index (κ2) is 8.25. The normalized spacial score (nSPS) is 11.0. The van der Waals surface area contributed by atoms with Crippen LogP contribution in [0.2, 0.25) is 0 Å². The summed E-state index contributed by atoms with van der Waals surface area (Å²) in [5, 5.41) is 2.88. The van der Waals surface area contributed by atoms with Crippen molar-refractivity contribution >= 4 is 23.0 Å². The fourth-order valence-corrected chi connectivity index (χ4v) is 3.15. The van der Waals surface area contributed by atoms with Crippen LogP contribution in [-0.4, -0.2) is 39.2 Å². The predicted octanol–water partition coefficient (Wildman–Crippen LogP) is 4.19. The van der Waals surface area contributed by atoms with E-state index in [1.54, 1.807) is 21.6 Å². The van der Waals surface area contributed by atoms with Gasteiger partial charge in [-0.2, -0.15) is 0 Å². The topological polar surface area (TPSA) is 66.7 Å². The van der Waals surface area contributed by atoms with Crippen LogP contribution < -0.4 is 5.32 Å². The molecule has 0 aliphatic rings. The fourth-order valence-electron chi connectivity index (χ4n) is 3.15. The van der Waals surface area contributed by atoms with Gasteiger partial charge in [0.1, 0.15) is 0 Å². The molecule has 1 N–H and O–H groups in total. The molecule has 2 aromatic heterocycles. The smallest absolute Gasteiger partial charge is 0.292 e. The second-order valence-corrected chi connectivity index (χ2v) is 6.95. The average Bonchev–Trinajstić information content (AvgIpc) is 3.09. The first-order valence-electron chi connectivity index (χ1n) is 9.63. The van der Waals surface area contributed by atoms with Crippen molar-refractivity contribution in [2.75, 3.05) is 18.4 Å². The number of nitrogens with one attached hydrogen (secondary N) is 1. The zero-order chi connectivity index (χ0) is 20.3. The highest BCUT2D eigenvalue weighted by molar-refractivity contribution is 6.06. The van der Waals surface area contributed by atoms with E-state index >= 15 is 0 Å². The third kappa shape index (κ3) is 3.76. The van der Waals surface area contributed by atoms with E-state index in [0.29, 0.717) is 35.9 Å². The van der Waals surface area contributed by atoms with Gasteiger partial charge in [0.05, 0.1) is 5.52 Å². The lowest BCUT2D eigenvalue weighted by Crippen LogP contribution is -2.31. The third-order valence-corrected chi connectivity index (χ3v) is 4.84. The minimum absolute atomic E-state index is 0.172. The molecule has 3 aromatic rings. The van der Waals surface area contributed by atoms with E-state index in [-0.39, 0.29) is 17.6 Å². The minimum Gasteiger partial charge on any atom is -0.338 e. The number of imidazole rings is 1. The van der Waals surface area contributed by atoms with Gasteiger partial charge in [-0.15, -0.1) is 0 Å². The highest BCUT2D eigenvalue weighted by atomic mass is 16.2. The number of anilines is 1. The maximum atomic E-state index is 12.9. The summed E-state index contributed by atoms with van der Waals surface area (Å²) >= 11 is 0. The highest BCUT2D eigenvalue weighted by Crippen LogP contribution is 2.19. The summed E-state index contributed by atoms with van der Waals surface area (Å²) in [4.78, 5) is 31.8. The number of pyridine rings is 1. The van der Waals surface area contributed by atoms with Crippen molar-refractivity contribution in [3.8, 4) is 0 Å². The molecule has 1 aromatic carbocycles. The maximum Gasteiger partial charge on any atom is 0.292 e. The highest BCUT2D eigenvalue weighted by Gasteiger charge is 2.24. The van der Waals surface area contributed by atoms with E-state index in [4.69, 9.17) is 0 Å². The van der Waals surface area contributed by atoms with Gasteiger partial charge in [0.2, 0.25) is 5.82 Å². The molecule has 0 saturated carbocycles. The third-order valence-electron chi connectivity index (χ3n) is 4.84. The maximum absolute atomic E-state index is 12.9. The summed E-state index contributed by atoms with van der Waals surface area (Å²) in [6, 6.07) is 13.2. The molecule has 0 aliphatic heterocycles. The van der Waals surface area contributed by atoms with Gasteiger partial charge in [-0.3, -0.25) is 14.0 Å². The molecular weight excluding hydrogens is 352 g/mol. The average molecular weight is 378 g/mol. The fraction of sp³-hybridized carbons (Fsp3) is 0.318. The Bertz CT molecular complexity index is 985. The van der Waals surface area contributed by atoms with Crippen LogP contribution in [0.1, 0.15) is 60.3 Å². The van der Waals surface area contributed by atoms with Gasteiger partial charge < -0.3 is 10.2 Å². The number of nitrogens with zero attached hydrogens (tertiary/aromatic N) is 3. The number of hydrogen-bond donors (Lipinski definition) is 1. The van der Waals surface area contributed by atoms with Crippen molar-refractivity contribution in [2.45, 2.75) is 33.6 Å². The van der Waals surface area contributed by atoms with Crippen LogP contribution in [0.25, 0.3) is 5.52 Å². The second-order valence-electron chi connectivity index (χ2n) is 6.95. The molecule has 0 atom stereocenters. The van der Waals surface area contributed by atoms with Crippen molar-refractivity contribution in [1.29, 1.82) is 0 Å². The van der Waals surface area contributed by atoms with E-state index in [0.717, 1.165) is 0 Å². The van der Waals surface area contributed by atoms with E-state index < -0.39 is 0 Å². The van der Waals surface area contributed by atoms with Crippen molar-refractivity contribution in [2.24, 2.45) is 0 Å². The summed E-state index contributed by atoms with van der Waals surface area (Å²) < 4.78 is 1.66. The Morgan fingerprint density at radius 2 is 1.75 bits per heavy atom. The monoisotopic (exact) mass is 378 g/mol. The Morgan fingerprint density at radius 1 is 1.07 bits per heavy atom. The lowest BCUT2D eigenvalue weighted by molar-refractivity contribution is 0.0769. The largest absolute Gasteiger partial charge is 0.338 e. The van der Waals surface area contributed by atoms with Crippen LogP contribution in [0.15, 0.2) is 48.7 Å². The quantitative estimate of drug-likeness (QED) is 0.699. The Morgan fingerprint density at radius 3 is 2.36 bits per heavy atom. The molecule has 0 saturated heterocycles. The van der Waals surface area contributed by atoms with E-state index in [9.17, 15) is 9.59 Å². The van der Waals surface area contributed by atoms with Gasteiger partial charge >= 0.3 is 0 Å². The standard InChI is InChI=1S/C22H26N4O2/c1-5-25(6-2)22(28)19-18-9-7-8-14-26(18)20(24-19)21(27)23-17-12-10-16(11-13-17)15(3)4/h7-15H,5-6H2,1-4H3,(H,23,27). The predicted molar refractivity (Wildman–Crippen MR) is 111 cm³/mol. The molecule has 0 radical (unpaired) electrons. The first-order valence-corrected chi connectivity index (χ1v) is 9.63. The molecule has 0 fully saturated rings. The number of amides is 2. The summed E-state index contributed by atoms with van der Waals surface area (Å²) in [5.74, 6) is 0.0970. The van der Waals surface area contributed by atoms with Crippen LogP contribution in [0.3, 0.4) is 0 Å². The molecule has 0 unspecified atom stereocenters. The number of hydrogen-bond acceptors (Lipinski definition) is 3.